The van der Waals surface area contributed by atoms with Crippen LogP contribution in [0.2, 0.25) is 5.02 Å². The molecule has 0 heterocycles. The minimum absolute atomic E-state index is 0.154. The second-order valence-corrected chi connectivity index (χ2v) is 7.99. The fourth-order valence-corrected chi connectivity index (χ4v) is 3.59. The highest BCUT2D eigenvalue weighted by Gasteiger charge is 2.42. The molecule has 0 bridgehead atoms. The van der Waals surface area contributed by atoms with Crippen molar-refractivity contribution in [2.45, 2.75) is 19.5 Å². The number of esters is 1. The molecule has 0 spiro atoms. The molecule has 0 atom stereocenters. The van der Waals surface area contributed by atoms with Gasteiger partial charge in [-0.15, -0.1) is 0 Å². The maximum Gasteiger partial charge on any atom is 0.422 e. The van der Waals surface area contributed by atoms with Gasteiger partial charge in [0.15, 0.2) is 23.3 Å². The van der Waals surface area contributed by atoms with E-state index < -0.39 is 59.0 Å². The van der Waals surface area contributed by atoms with Gasteiger partial charge in [0.1, 0.15) is 11.3 Å². The van der Waals surface area contributed by atoms with E-state index >= 15 is 0 Å². The van der Waals surface area contributed by atoms with Crippen molar-refractivity contribution in [3.05, 3.63) is 86.9 Å². The molecule has 1 N–H and O–H groups in total. The number of ether oxygens (including phenoxy) is 1. The lowest BCUT2D eigenvalue weighted by Gasteiger charge is -2.15. The van der Waals surface area contributed by atoms with Gasteiger partial charge in [0.05, 0.1) is 19.1 Å². The van der Waals surface area contributed by atoms with Gasteiger partial charge in [-0.25, -0.2) is 22.4 Å². The van der Waals surface area contributed by atoms with Crippen LogP contribution in [0.4, 0.5) is 36.4 Å². The Morgan fingerprint density at radius 2 is 1.56 bits per heavy atom. The summed E-state index contributed by atoms with van der Waals surface area (Å²) >= 11 is 6.04. The lowest BCUT2D eigenvalue weighted by molar-refractivity contribution is -0.143. The van der Waals surface area contributed by atoms with Crippen molar-refractivity contribution in [2.75, 3.05) is 12.4 Å². The van der Waals surface area contributed by atoms with E-state index in [-0.39, 0.29) is 16.1 Å². The number of methoxy groups -OCH3 is 1. The van der Waals surface area contributed by atoms with Crippen LogP contribution in [0.5, 0.6) is 0 Å². The first kappa shape index (κ1) is 27.0. The Morgan fingerprint density at radius 3 is 2.11 bits per heavy atom. The number of aryl methyl sites for hydroxylation is 1. The van der Waals surface area contributed by atoms with Crippen molar-refractivity contribution in [3.63, 3.8) is 0 Å². The molecule has 4 nitrogen and oxygen atoms in total. The minimum atomic E-state index is -5.71. The van der Waals surface area contributed by atoms with E-state index in [1.54, 1.807) is 24.4 Å². The van der Waals surface area contributed by atoms with Crippen molar-refractivity contribution in [2.24, 2.45) is 0 Å². The molecular weight excluding hydrogens is 519 g/mol. The maximum atomic E-state index is 14.1. The lowest BCUT2D eigenvalue weighted by Crippen LogP contribution is -2.21. The van der Waals surface area contributed by atoms with Crippen LogP contribution in [-0.4, -0.2) is 19.0 Å². The Bertz CT molecular complexity index is 1340. The summed E-state index contributed by atoms with van der Waals surface area (Å²) in [6, 6.07) is 9.00. The number of halogens is 8. The average Bonchev–Trinajstić information content (AvgIpc) is 2.80. The highest BCUT2D eigenvalue weighted by Crippen LogP contribution is 2.38. The van der Waals surface area contributed by atoms with Gasteiger partial charge in [0.25, 0.3) is 0 Å². The number of benzene rings is 3. The Hall–Kier alpha value is -3.60. The van der Waals surface area contributed by atoms with Crippen LogP contribution in [0.1, 0.15) is 27.0 Å². The van der Waals surface area contributed by atoms with Crippen molar-refractivity contribution in [3.8, 4) is 11.1 Å². The van der Waals surface area contributed by atoms with E-state index in [0.29, 0.717) is 16.7 Å². The van der Waals surface area contributed by atoms with Crippen LogP contribution in [0.15, 0.2) is 36.4 Å². The van der Waals surface area contributed by atoms with Crippen LogP contribution >= 0.6 is 11.6 Å². The zero-order valence-electron chi connectivity index (χ0n) is 18.4. The Balaban J connectivity index is 1.96. The molecule has 0 unspecified atom stereocenters. The number of anilines is 1. The van der Waals surface area contributed by atoms with Gasteiger partial charge in [0, 0.05) is 5.02 Å². The number of hydrogen-bond donors (Lipinski definition) is 1. The molecule has 12 heteroatoms. The molecule has 3 aromatic carbocycles. The van der Waals surface area contributed by atoms with E-state index in [1.165, 1.54) is 31.4 Å². The van der Waals surface area contributed by atoms with E-state index in [4.69, 9.17) is 16.3 Å². The molecule has 0 aromatic heterocycles. The maximum absolute atomic E-state index is 14.1. The molecule has 3 rings (SSSR count). The van der Waals surface area contributed by atoms with Crippen molar-refractivity contribution < 1.29 is 45.1 Å². The Labute approximate surface area is 204 Å². The quantitative estimate of drug-likeness (QED) is 0.221. The zero-order chi connectivity index (χ0) is 26.9. The van der Waals surface area contributed by atoms with Gasteiger partial charge in [-0.3, -0.25) is 4.79 Å². The molecule has 0 aliphatic rings. The highest BCUT2D eigenvalue weighted by molar-refractivity contribution is 6.31. The third kappa shape index (κ3) is 5.30. The normalized spacial score (nSPS) is 11.4. The summed E-state index contributed by atoms with van der Waals surface area (Å²) < 4.78 is 99.0. The molecule has 190 valence electrons. The monoisotopic (exact) mass is 533 g/mol. The van der Waals surface area contributed by atoms with E-state index in [9.17, 15) is 40.3 Å². The molecular formula is C24H15ClF7NO3. The fraction of sp³-hybridized carbons (Fsp3) is 0.167. The number of alkyl halides is 3. The first-order valence-corrected chi connectivity index (χ1v) is 10.3. The third-order valence-corrected chi connectivity index (χ3v) is 5.44. The number of carbonyl (C=O) groups is 2. The summed E-state index contributed by atoms with van der Waals surface area (Å²) in [6.45, 7) is 1.59. The summed E-state index contributed by atoms with van der Waals surface area (Å²) in [6.07, 6.45) is -6.30. The molecule has 0 aliphatic heterocycles. The summed E-state index contributed by atoms with van der Waals surface area (Å²) in [5.74, 6) is -12.0. The number of amides is 1. The molecule has 0 saturated carbocycles. The largest absolute Gasteiger partial charge is 0.465 e. The first-order valence-electron chi connectivity index (χ1n) is 9.97. The fourth-order valence-electron chi connectivity index (χ4n) is 3.42. The lowest BCUT2D eigenvalue weighted by atomic mass is 9.95. The number of rotatable bonds is 5. The Morgan fingerprint density at radius 1 is 0.944 bits per heavy atom. The topological polar surface area (TPSA) is 55.4 Å². The van der Waals surface area contributed by atoms with Crippen LogP contribution in [-0.2, 0) is 22.1 Å². The van der Waals surface area contributed by atoms with Crippen molar-refractivity contribution >= 4 is 29.2 Å². The minimum Gasteiger partial charge on any atom is -0.465 e. The van der Waals surface area contributed by atoms with E-state index in [2.05, 4.69) is 0 Å². The molecule has 0 fully saturated rings. The van der Waals surface area contributed by atoms with Gasteiger partial charge in [-0.05, 0) is 47.4 Å². The molecule has 0 aliphatic carbocycles. The van der Waals surface area contributed by atoms with Crippen LogP contribution < -0.4 is 5.32 Å². The van der Waals surface area contributed by atoms with Gasteiger partial charge in [-0.1, -0.05) is 29.8 Å². The van der Waals surface area contributed by atoms with Crippen LogP contribution in [0.25, 0.3) is 11.1 Å². The number of hydrogen-bond acceptors (Lipinski definition) is 3. The summed E-state index contributed by atoms with van der Waals surface area (Å²) in [7, 11) is 1.18. The van der Waals surface area contributed by atoms with E-state index in [0.717, 1.165) is 0 Å². The second kappa shape index (κ2) is 10.2. The van der Waals surface area contributed by atoms with Gasteiger partial charge in [-0.2, -0.15) is 13.2 Å². The highest BCUT2D eigenvalue weighted by atomic mass is 35.5. The van der Waals surface area contributed by atoms with E-state index in [1.807, 2.05) is 0 Å². The molecule has 0 radical (unpaired) electrons. The molecule has 3 aromatic rings. The summed E-state index contributed by atoms with van der Waals surface area (Å²) in [5, 5.41) is 1.88. The molecule has 0 saturated heterocycles. The third-order valence-electron chi connectivity index (χ3n) is 5.21. The first-order chi connectivity index (χ1) is 16.8. The van der Waals surface area contributed by atoms with Crippen LogP contribution in [0.3, 0.4) is 0 Å². The molecule has 36 heavy (non-hydrogen) atoms. The van der Waals surface area contributed by atoms with Crippen molar-refractivity contribution in [1.29, 1.82) is 0 Å². The number of carbonyl (C=O) groups excluding carboxylic acids is 2. The van der Waals surface area contributed by atoms with Crippen LogP contribution in [0, 0.1) is 30.2 Å². The van der Waals surface area contributed by atoms with Gasteiger partial charge in [0.2, 0.25) is 5.91 Å². The predicted molar refractivity (Wildman–Crippen MR) is 117 cm³/mol. The van der Waals surface area contributed by atoms with Crippen molar-refractivity contribution in [1.82, 2.24) is 0 Å². The zero-order valence-corrected chi connectivity index (χ0v) is 19.2. The summed E-state index contributed by atoms with van der Waals surface area (Å²) in [4.78, 5) is 24.6. The smallest absolute Gasteiger partial charge is 0.422 e. The predicted octanol–water partition coefficient (Wildman–Crippen LogP) is 6.86. The summed E-state index contributed by atoms with van der Waals surface area (Å²) in [5.41, 5.74) is -2.74. The number of nitrogens with one attached hydrogen (secondary N) is 1. The Kier molecular flexibility index (Phi) is 7.63. The van der Waals surface area contributed by atoms with Gasteiger partial charge >= 0.3 is 12.1 Å². The SMILES string of the molecule is COC(=O)c1ccc(Cl)cc1-c1ccc(C)c(CC(=O)Nc2c(F)c(F)c(C(F)(F)F)c(F)c2F)c1. The standard InChI is InChI=1S/C24H15ClF7NO3/c1-10-3-4-11(15-9-13(25)5-6-14(15)23(35)36-2)7-12(10)8-16(34)33-22-20(28)18(26)17(24(30,31)32)19(27)21(22)29/h3-7,9H,8H2,1-2H3,(H,33,34). The van der Waals surface area contributed by atoms with Gasteiger partial charge < -0.3 is 10.1 Å². The average molecular weight is 534 g/mol. The second-order valence-electron chi connectivity index (χ2n) is 7.55. The molecule has 1 amide bonds.